The van der Waals surface area contributed by atoms with Crippen LogP contribution < -0.4 is 28.4 Å². The highest BCUT2D eigenvalue weighted by molar-refractivity contribution is 5.81. The number of carbonyl (C=O) groups is 5. The molecule has 0 spiro atoms. The average Bonchev–Trinajstić information content (AvgIpc) is 2.77. The Morgan fingerprint density at radius 3 is 0.720 bits per heavy atom. The molecule has 2 amide bonds. The molecule has 0 aromatic heterocycles. The second-order valence-electron chi connectivity index (χ2n) is 10.4. The first-order valence-electron chi connectivity index (χ1n) is 14.3. The highest BCUT2D eigenvalue weighted by Gasteiger charge is 1.96. The van der Waals surface area contributed by atoms with Gasteiger partial charge in [0.05, 0.1) is 0 Å². The van der Waals surface area contributed by atoms with Gasteiger partial charge in [-0.3, -0.25) is 36.7 Å². The molecule has 8 N–H and O–H groups in total. The predicted octanol–water partition coefficient (Wildman–Crippen LogP) is 3.94. The summed E-state index contributed by atoms with van der Waals surface area (Å²) in [4.78, 5) is 48.8. The molecule has 308 valence electrons. The van der Waals surface area contributed by atoms with Crippen LogP contribution in [0.4, 0.5) is 0 Å². The summed E-state index contributed by atoms with van der Waals surface area (Å²) >= 11 is 0. The summed E-state index contributed by atoms with van der Waals surface area (Å²) < 4.78 is 0. The Morgan fingerprint density at radius 1 is 0.500 bits per heavy atom. The average molecular weight is 731 g/mol. The van der Waals surface area contributed by atoms with Gasteiger partial charge in [0, 0.05) is 80.3 Å². The molecule has 17 nitrogen and oxygen atoms in total. The zero-order chi connectivity index (χ0) is 40.5. The van der Waals surface area contributed by atoms with Gasteiger partial charge in [-0.25, -0.2) is 10.9 Å². The van der Waals surface area contributed by atoms with Crippen molar-refractivity contribution in [1.29, 1.82) is 0 Å². The van der Waals surface area contributed by atoms with Crippen molar-refractivity contribution in [2.24, 2.45) is 32.8 Å². The van der Waals surface area contributed by atoms with Crippen molar-refractivity contribution in [3.63, 3.8) is 0 Å². The minimum absolute atomic E-state index is 0. The minimum Gasteiger partial charge on any atom is -0.313 e. The maximum absolute atomic E-state index is 10.5. The molecule has 0 saturated carbocycles. The van der Waals surface area contributed by atoms with Gasteiger partial charge in [-0.2, -0.15) is 15.3 Å². The zero-order valence-electron chi connectivity index (χ0n) is 33.9. The van der Waals surface area contributed by atoms with E-state index in [1.165, 1.54) is 72.5 Å². The van der Waals surface area contributed by atoms with Gasteiger partial charge in [0.25, 0.3) is 0 Å². The fourth-order valence-corrected chi connectivity index (χ4v) is 0.994. The van der Waals surface area contributed by atoms with Crippen LogP contribution in [0.5, 0.6) is 0 Å². The number of rotatable bonds is 3. The molecule has 0 radical (unpaired) electrons. The monoisotopic (exact) mass is 731 g/mol. The molecule has 0 fully saturated rings. The van der Waals surface area contributed by atoms with E-state index in [9.17, 15) is 24.0 Å². The third kappa shape index (κ3) is 353. The standard InChI is InChI=1S/C6H12N2O.C5H12N2.C4H10N2.C3H8N2O.3C3H6O.C2H8N2.CH6N2.3CH4/c1-5(2)7-8(4)6(3)9;1-5(2)6-7(3)4;1-4(2)6-5-3;1-3(6)5(2)4;3*1-3(2)4;1-4(2)3;1-3-2;;;/h1-4H3;1-4H3;5H,1-3H3;4H2,1-2H3;3*1-2H3;3H2,1-2H3;3H,2H2,1H3;3*1H4. The normalized spacial score (nSPS) is 7.08. The topological polar surface area (TPSA) is 238 Å². The summed E-state index contributed by atoms with van der Waals surface area (Å²) in [6, 6.07) is 0. The van der Waals surface area contributed by atoms with Crippen LogP contribution in [-0.4, -0.2) is 123 Å². The lowest BCUT2D eigenvalue weighted by Gasteiger charge is -2.06. The number of hydrazine groups is 3. The van der Waals surface area contributed by atoms with Crippen LogP contribution in [0.1, 0.15) is 119 Å². The van der Waals surface area contributed by atoms with Crippen molar-refractivity contribution in [2.75, 3.05) is 56.4 Å². The zero-order valence-corrected chi connectivity index (χ0v) is 33.9. The van der Waals surface area contributed by atoms with Crippen LogP contribution >= 0.6 is 0 Å². The highest BCUT2D eigenvalue weighted by Crippen LogP contribution is 1.85. The fourth-order valence-electron chi connectivity index (χ4n) is 0.994. The quantitative estimate of drug-likeness (QED) is 0.120. The maximum atomic E-state index is 10.5. The molecule has 0 aliphatic rings. The summed E-state index contributed by atoms with van der Waals surface area (Å²) in [5.74, 6) is 14.8. The van der Waals surface area contributed by atoms with E-state index >= 15 is 0 Å². The lowest BCUT2D eigenvalue weighted by Crippen LogP contribution is -2.30. The van der Waals surface area contributed by atoms with Gasteiger partial charge < -0.3 is 24.8 Å². The predicted molar refractivity (Wildman–Crippen MR) is 221 cm³/mol. The Labute approximate surface area is 309 Å². The SMILES string of the molecule is C.C.C.CC(=O)N(C)N.CC(=O)N(C)N=C(C)C.CC(C)=NN(C)C.CC(C)=O.CC(C)=O.CC(C)=O.CN(C)N.CNN.CNN=C(C)C. The Bertz CT molecular complexity index is 790. The summed E-state index contributed by atoms with van der Waals surface area (Å²) in [6.45, 7) is 23.6. The second-order valence-corrected chi connectivity index (χ2v) is 10.4. The molecule has 0 bridgehead atoms. The second kappa shape index (κ2) is 64.0. The molecule has 0 atom stereocenters. The van der Waals surface area contributed by atoms with E-state index in [2.05, 4.69) is 32.0 Å². The Kier molecular flexibility index (Phi) is 103. The van der Waals surface area contributed by atoms with Gasteiger partial charge in [-0.15, -0.1) is 0 Å². The van der Waals surface area contributed by atoms with Crippen LogP contribution in [0.15, 0.2) is 15.3 Å². The van der Waals surface area contributed by atoms with E-state index in [4.69, 9.17) is 11.7 Å². The first-order valence-corrected chi connectivity index (χ1v) is 14.3. The van der Waals surface area contributed by atoms with E-state index in [-0.39, 0.29) is 51.4 Å². The summed E-state index contributed by atoms with van der Waals surface area (Å²) in [5, 5.41) is 17.3. The Hall–Kier alpha value is -3.64. The first kappa shape index (κ1) is 80.8. The molecule has 0 aliphatic carbocycles. The number of ketones is 3. The number of hydrogen-bond donors (Lipinski definition) is 5. The largest absolute Gasteiger partial charge is 0.313 e. The lowest BCUT2D eigenvalue weighted by molar-refractivity contribution is -0.128. The number of Topliss-reactive ketones (excluding diaryl/α,β-unsaturated/α-hetero) is 3. The van der Waals surface area contributed by atoms with Crippen molar-refractivity contribution >= 4 is 46.3 Å². The number of nitrogens with one attached hydrogen (secondary N) is 2. The van der Waals surface area contributed by atoms with Gasteiger partial charge in [-0.1, -0.05) is 22.3 Å². The van der Waals surface area contributed by atoms with Gasteiger partial charge in [0.2, 0.25) is 11.8 Å². The van der Waals surface area contributed by atoms with E-state index < -0.39 is 0 Å². The molecule has 0 aromatic carbocycles. The molecule has 0 rings (SSSR count). The summed E-state index contributed by atoms with van der Waals surface area (Å²) in [6.07, 6.45) is 0. The van der Waals surface area contributed by atoms with Gasteiger partial charge >= 0.3 is 0 Å². The lowest BCUT2D eigenvalue weighted by atomic mass is 10.5. The molecule has 0 saturated heterocycles. The Morgan fingerprint density at radius 2 is 0.700 bits per heavy atom. The summed E-state index contributed by atoms with van der Waals surface area (Å²) in [5.41, 5.74) is 7.93. The molecular weight excluding hydrogens is 644 g/mol. The van der Waals surface area contributed by atoms with Crippen molar-refractivity contribution in [3.8, 4) is 0 Å². The van der Waals surface area contributed by atoms with Gasteiger partial charge in [0.15, 0.2) is 0 Å². The highest BCUT2D eigenvalue weighted by atomic mass is 16.2. The van der Waals surface area contributed by atoms with Crippen LogP contribution in [-0.2, 0) is 24.0 Å². The number of amides is 2. The van der Waals surface area contributed by atoms with Crippen molar-refractivity contribution in [1.82, 2.24) is 30.9 Å². The van der Waals surface area contributed by atoms with E-state index in [0.717, 1.165) is 22.1 Å². The summed E-state index contributed by atoms with van der Waals surface area (Å²) in [7, 11) is 13.9. The number of nitrogens with two attached hydrogens (primary N) is 3. The van der Waals surface area contributed by atoms with Crippen LogP contribution in [0.25, 0.3) is 0 Å². The third-order valence-corrected chi connectivity index (χ3v) is 2.04. The number of nitrogens with zero attached hydrogens (tertiary/aromatic N) is 7. The molecule has 0 aromatic rings. The van der Waals surface area contributed by atoms with E-state index in [1.54, 1.807) is 40.2 Å². The molecule has 17 heteroatoms. The number of hydrazone groups is 3. The van der Waals surface area contributed by atoms with E-state index in [1.807, 2.05) is 55.6 Å². The van der Waals surface area contributed by atoms with Crippen molar-refractivity contribution < 1.29 is 24.0 Å². The Balaban J connectivity index is -0.0000000329. The van der Waals surface area contributed by atoms with Crippen molar-refractivity contribution in [3.05, 3.63) is 0 Å². The van der Waals surface area contributed by atoms with Gasteiger partial charge in [0.1, 0.15) is 17.3 Å². The molecule has 50 heavy (non-hydrogen) atoms. The number of hydrogen-bond acceptors (Lipinski definition) is 15. The first-order chi connectivity index (χ1) is 20.9. The van der Waals surface area contributed by atoms with Gasteiger partial charge in [-0.05, 0) is 90.1 Å². The molecule has 0 aliphatic heterocycles. The number of carbonyl (C=O) groups excluding carboxylic acids is 5. The van der Waals surface area contributed by atoms with E-state index in [0.29, 0.717) is 0 Å². The molecular formula is C33H86N12O5. The maximum Gasteiger partial charge on any atom is 0.239 e. The van der Waals surface area contributed by atoms with Crippen LogP contribution in [0.3, 0.4) is 0 Å². The smallest absolute Gasteiger partial charge is 0.239 e. The molecule has 0 heterocycles. The third-order valence-electron chi connectivity index (χ3n) is 2.04. The minimum atomic E-state index is -0.130. The van der Waals surface area contributed by atoms with Crippen LogP contribution in [0, 0.1) is 0 Å². The van der Waals surface area contributed by atoms with Crippen LogP contribution in [0.2, 0.25) is 0 Å². The van der Waals surface area contributed by atoms with Crippen molar-refractivity contribution in [2.45, 2.75) is 119 Å². The fraction of sp³-hybridized carbons (Fsp3) is 0.758. The molecule has 0 unspecified atom stereocenters.